The standard InChI is InChI=1S/C24H14N4O8/c29-21(30)14-7-13-6-11-2-1-9(25-11)5-10-3-4-12(26-10)8-15-16(22(31)32)17(23(33)34)20(28-15)18(24(35)36)19(14)27-13/h1-8,25,27H,(H,29,30)(H,31,32)(H,33,34)(H,35,36). The zero-order valence-electron chi connectivity index (χ0n) is 17.9. The van der Waals surface area contributed by atoms with Gasteiger partial charge in [0.1, 0.15) is 16.7 Å². The lowest BCUT2D eigenvalue weighted by Crippen LogP contribution is -2.10. The fraction of sp³-hybridized carbons (Fsp3) is 0. The summed E-state index contributed by atoms with van der Waals surface area (Å²) in [6.07, 6.45) is 3.21. The smallest absolute Gasteiger partial charge is 0.340 e. The molecule has 0 aromatic carbocycles. The van der Waals surface area contributed by atoms with E-state index in [0.717, 1.165) is 0 Å². The average molecular weight is 486 g/mol. The first kappa shape index (κ1) is 22.3. The van der Waals surface area contributed by atoms with Gasteiger partial charge in [-0.15, -0.1) is 0 Å². The normalized spacial score (nSPS) is 12.6. The predicted octanol–water partition coefficient (Wildman–Crippen LogP) is 2.96. The topological polar surface area (TPSA) is 207 Å². The lowest BCUT2D eigenvalue weighted by Gasteiger charge is -2.03. The van der Waals surface area contributed by atoms with Crippen LogP contribution in [0.1, 0.15) is 43.5 Å². The summed E-state index contributed by atoms with van der Waals surface area (Å²) in [5.74, 6) is -6.60. The Labute approximate surface area is 199 Å². The highest BCUT2D eigenvalue weighted by Gasteiger charge is 2.35. The largest absolute Gasteiger partial charge is 0.478 e. The van der Waals surface area contributed by atoms with Crippen molar-refractivity contribution in [3.05, 3.63) is 70.3 Å². The minimum atomic E-state index is -1.75. The van der Waals surface area contributed by atoms with Crippen LogP contribution in [0, 0.1) is 0 Å². The number of nitrogens with zero attached hydrogens (tertiary/aromatic N) is 2. The van der Waals surface area contributed by atoms with Crippen molar-refractivity contribution in [2.75, 3.05) is 0 Å². The molecule has 0 amide bonds. The number of aromatic carboxylic acids is 2. The van der Waals surface area contributed by atoms with E-state index in [0.29, 0.717) is 16.7 Å². The molecule has 0 unspecified atom stereocenters. The van der Waals surface area contributed by atoms with Gasteiger partial charge in [-0.05, 0) is 48.6 Å². The lowest BCUT2D eigenvalue weighted by molar-refractivity contribution is -0.132. The van der Waals surface area contributed by atoms with Crippen molar-refractivity contribution in [3.63, 3.8) is 0 Å². The first-order chi connectivity index (χ1) is 17.1. The number of aromatic amines is 2. The molecule has 0 atom stereocenters. The van der Waals surface area contributed by atoms with Gasteiger partial charge in [-0.3, -0.25) is 0 Å². The number of carboxylic acids is 4. The summed E-state index contributed by atoms with van der Waals surface area (Å²) >= 11 is 0. The molecule has 0 saturated carbocycles. The molecule has 2 aliphatic heterocycles. The minimum Gasteiger partial charge on any atom is -0.478 e. The van der Waals surface area contributed by atoms with Crippen LogP contribution in [0.15, 0.2) is 36.4 Å². The number of hydrogen-bond acceptors (Lipinski definition) is 6. The Morgan fingerprint density at radius 1 is 0.639 bits per heavy atom. The Hall–Kier alpha value is -5.52. The molecule has 5 heterocycles. The van der Waals surface area contributed by atoms with Crippen molar-refractivity contribution < 1.29 is 39.6 Å². The fourth-order valence-corrected chi connectivity index (χ4v) is 4.05. The Morgan fingerprint density at radius 3 is 1.89 bits per heavy atom. The summed E-state index contributed by atoms with van der Waals surface area (Å²) in [5.41, 5.74) is -2.23. The molecule has 178 valence electrons. The summed E-state index contributed by atoms with van der Waals surface area (Å²) in [4.78, 5) is 62.8. The van der Waals surface area contributed by atoms with Gasteiger partial charge < -0.3 is 30.4 Å². The number of carboxylic acid groups (broad SMARTS) is 4. The summed E-state index contributed by atoms with van der Waals surface area (Å²) < 4.78 is 0. The van der Waals surface area contributed by atoms with E-state index < -0.39 is 57.4 Å². The van der Waals surface area contributed by atoms with Gasteiger partial charge in [0.05, 0.1) is 33.9 Å². The number of carbonyl (C=O) groups is 4. The number of nitrogens with one attached hydrogen (secondary N) is 2. The van der Waals surface area contributed by atoms with E-state index in [9.17, 15) is 39.6 Å². The first-order valence-corrected chi connectivity index (χ1v) is 10.2. The third-order valence-corrected chi connectivity index (χ3v) is 5.49. The van der Waals surface area contributed by atoms with Gasteiger partial charge >= 0.3 is 23.9 Å². The molecule has 0 fully saturated rings. The van der Waals surface area contributed by atoms with E-state index in [1.54, 1.807) is 30.4 Å². The van der Waals surface area contributed by atoms with E-state index >= 15 is 0 Å². The number of aliphatic carboxylic acids is 2. The van der Waals surface area contributed by atoms with E-state index in [1.165, 1.54) is 18.2 Å². The number of rotatable bonds is 4. The zero-order chi connectivity index (χ0) is 25.7. The summed E-state index contributed by atoms with van der Waals surface area (Å²) in [6, 6.07) is 9.11. The molecule has 6 N–H and O–H groups in total. The van der Waals surface area contributed by atoms with Crippen LogP contribution in [0.4, 0.5) is 0 Å². The molecule has 5 rings (SSSR count). The second-order valence-electron chi connectivity index (χ2n) is 7.80. The van der Waals surface area contributed by atoms with Crippen molar-refractivity contribution in [2.24, 2.45) is 0 Å². The van der Waals surface area contributed by atoms with E-state index in [1.807, 2.05) is 0 Å². The van der Waals surface area contributed by atoms with Gasteiger partial charge in [0.25, 0.3) is 0 Å². The monoisotopic (exact) mass is 486 g/mol. The van der Waals surface area contributed by atoms with E-state index in [-0.39, 0.29) is 16.9 Å². The Bertz CT molecular complexity index is 1760. The minimum absolute atomic E-state index is 0.198. The van der Waals surface area contributed by atoms with Crippen LogP contribution in [0.2, 0.25) is 0 Å². The number of H-pyrrole nitrogens is 2. The van der Waals surface area contributed by atoms with Crippen LogP contribution in [-0.2, 0) is 9.59 Å². The molecule has 12 nitrogen and oxygen atoms in total. The van der Waals surface area contributed by atoms with Crippen LogP contribution in [0.25, 0.3) is 45.4 Å². The highest BCUT2D eigenvalue weighted by atomic mass is 16.4. The Kier molecular flexibility index (Phi) is 4.99. The molecule has 3 aromatic rings. The van der Waals surface area contributed by atoms with Gasteiger partial charge in [0.15, 0.2) is 0 Å². The number of fused-ring (bicyclic) bond motifs is 8. The van der Waals surface area contributed by atoms with Gasteiger partial charge in [-0.1, -0.05) is 0 Å². The predicted molar refractivity (Wildman–Crippen MR) is 126 cm³/mol. The van der Waals surface area contributed by atoms with Gasteiger partial charge in [-0.2, -0.15) is 0 Å². The van der Waals surface area contributed by atoms with Gasteiger partial charge in [0, 0.05) is 16.6 Å². The maximum absolute atomic E-state index is 12.4. The molecule has 12 heteroatoms. The van der Waals surface area contributed by atoms with Crippen LogP contribution < -0.4 is 0 Å². The van der Waals surface area contributed by atoms with Crippen molar-refractivity contribution in [3.8, 4) is 0 Å². The molecule has 36 heavy (non-hydrogen) atoms. The van der Waals surface area contributed by atoms with E-state index in [2.05, 4.69) is 19.9 Å². The van der Waals surface area contributed by atoms with Crippen molar-refractivity contribution in [1.82, 2.24) is 19.9 Å². The van der Waals surface area contributed by atoms with Crippen LogP contribution >= 0.6 is 0 Å². The molecule has 8 bridgehead atoms. The number of aromatic nitrogens is 4. The maximum atomic E-state index is 12.4. The average Bonchev–Trinajstić information content (AvgIpc) is 3.56. The molecular weight excluding hydrogens is 472 g/mol. The fourth-order valence-electron chi connectivity index (χ4n) is 4.05. The molecule has 2 aliphatic rings. The summed E-state index contributed by atoms with van der Waals surface area (Å²) in [6.45, 7) is 0. The molecule has 0 spiro atoms. The lowest BCUT2D eigenvalue weighted by atomic mass is 10.0. The third kappa shape index (κ3) is 3.68. The third-order valence-electron chi connectivity index (χ3n) is 5.49. The van der Waals surface area contributed by atoms with Crippen molar-refractivity contribution in [2.45, 2.75) is 0 Å². The molecule has 0 radical (unpaired) electrons. The molecule has 3 aromatic heterocycles. The molecule has 0 saturated heterocycles. The second kappa shape index (κ2) is 8.06. The Morgan fingerprint density at radius 2 is 1.28 bits per heavy atom. The van der Waals surface area contributed by atoms with Crippen LogP contribution in [-0.4, -0.2) is 64.2 Å². The second-order valence-corrected chi connectivity index (χ2v) is 7.80. The van der Waals surface area contributed by atoms with Crippen molar-refractivity contribution in [1.29, 1.82) is 0 Å². The molecule has 0 aliphatic carbocycles. The first-order valence-electron chi connectivity index (χ1n) is 10.2. The summed E-state index contributed by atoms with van der Waals surface area (Å²) in [5, 5.41) is 39.4. The highest BCUT2D eigenvalue weighted by molar-refractivity contribution is 6.38. The number of hydrogen-bond donors (Lipinski definition) is 6. The van der Waals surface area contributed by atoms with Crippen LogP contribution in [0.3, 0.4) is 0 Å². The van der Waals surface area contributed by atoms with Crippen molar-refractivity contribution >= 4 is 69.2 Å². The quantitative estimate of drug-likeness (QED) is 0.248. The van der Waals surface area contributed by atoms with Gasteiger partial charge in [-0.25, -0.2) is 29.1 Å². The van der Waals surface area contributed by atoms with Crippen LogP contribution in [0.5, 0.6) is 0 Å². The summed E-state index contributed by atoms with van der Waals surface area (Å²) in [7, 11) is 0. The highest BCUT2D eigenvalue weighted by Crippen LogP contribution is 2.34. The zero-order valence-corrected chi connectivity index (χ0v) is 17.9. The maximum Gasteiger partial charge on any atom is 0.340 e. The van der Waals surface area contributed by atoms with E-state index in [4.69, 9.17) is 0 Å². The molecular formula is C24H14N4O8. The van der Waals surface area contributed by atoms with Gasteiger partial charge in [0.2, 0.25) is 0 Å². The Balaban J connectivity index is 2.06. The SMILES string of the molecule is O=C(O)C1=C(C(=O)O)c2nc1cc1nc(cc3ccc(cc4cc(C(=O)O)c([nH]4)c2C(=O)O)[nH]3)C=C1.